The third-order valence-electron chi connectivity index (χ3n) is 6.28. The minimum Gasteiger partial charge on any atom is -0.496 e. The summed E-state index contributed by atoms with van der Waals surface area (Å²) in [5.74, 6) is 0.966. The van der Waals surface area contributed by atoms with Crippen molar-refractivity contribution >= 4 is 28.3 Å². The van der Waals surface area contributed by atoms with Gasteiger partial charge in [0.1, 0.15) is 5.75 Å². The van der Waals surface area contributed by atoms with E-state index in [0.717, 1.165) is 70.7 Å². The predicted octanol–water partition coefficient (Wildman–Crippen LogP) is 4.91. The van der Waals surface area contributed by atoms with Gasteiger partial charge in [0.05, 0.1) is 18.3 Å². The normalized spacial score (nSPS) is 16.5. The molecule has 1 aromatic heterocycles. The second-order valence-corrected chi connectivity index (χ2v) is 8.97. The van der Waals surface area contributed by atoms with E-state index in [1.165, 1.54) is 6.92 Å². The summed E-state index contributed by atoms with van der Waals surface area (Å²) in [4.78, 5) is 31.7. The lowest BCUT2D eigenvalue weighted by molar-refractivity contribution is -0.114. The molecule has 0 unspecified atom stereocenters. The summed E-state index contributed by atoms with van der Waals surface area (Å²) in [6.45, 7) is 7.89. The monoisotopic (exact) mass is 445 g/mol. The van der Waals surface area contributed by atoms with E-state index in [4.69, 9.17) is 9.72 Å². The van der Waals surface area contributed by atoms with E-state index in [1.807, 2.05) is 56.3 Å². The van der Waals surface area contributed by atoms with Crippen molar-refractivity contribution < 1.29 is 14.3 Å². The Kier molecular flexibility index (Phi) is 6.75. The number of hydrogen-bond donors (Lipinski definition) is 1. The van der Waals surface area contributed by atoms with Gasteiger partial charge >= 0.3 is 0 Å². The lowest BCUT2D eigenvalue weighted by atomic mass is 9.88. The van der Waals surface area contributed by atoms with Gasteiger partial charge in [-0.2, -0.15) is 0 Å². The number of ether oxygens (including phenoxy) is 1. The molecule has 2 heterocycles. The number of likely N-dealkylation sites (tertiary alicyclic amines) is 1. The smallest absolute Gasteiger partial charge is 0.221 e. The van der Waals surface area contributed by atoms with Crippen LogP contribution in [0, 0.1) is 19.8 Å². The number of benzene rings is 2. The Morgan fingerprint density at radius 2 is 1.88 bits per heavy atom. The lowest BCUT2D eigenvalue weighted by Crippen LogP contribution is -2.38. The van der Waals surface area contributed by atoms with Crippen molar-refractivity contribution in [3.05, 3.63) is 64.8 Å². The van der Waals surface area contributed by atoms with Crippen LogP contribution in [0.2, 0.25) is 0 Å². The Labute approximate surface area is 195 Å². The lowest BCUT2D eigenvalue weighted by Gasteiger charge is -2.32. The standard InChI is InChI=1S/C27H31N3O3/c1-17-12-22(13-18(2)27(17)33-4)26(32)21-6-5-11-30(15-21)16-24-8-7-20-14-23(28-19(3)31)9-10-25(20)29-24/h7-10,12-14,21H,5-6,11,15-16H2,1-4H3,(H,28,31)/t21-/m1/s1. The number of hydrogen-bond acceptors (Lipinski definition) is 5. The van der Waals surface area contributed by atoms with Crippen molar-refractivity contribution in [3.63, 3.8) is 0 Å². The number of Topliss-reactive ketones (excluding diaryl/α,β-unsaturated/α-hetero) is 1. The number of nitrogens with one attached hydrogen (secondary N) is 1. The molecule has 1 fully saturated rings. The Morgan fingerprint density at radius 3 is 2.58 bits per heavy atom. The van der Waals surface area contributed by atoms with Crippen LogP contribution >= 0.6 is 0 Å². The first-order chi connectivity index (χ1) is 15.8. The Morgan fingerprint density at radius 1 is 1.12 bits per heavy atom. The number of methoxy groups -OCH3 is 1. The Bertz CT molecular complexity index is 1180. The van der Waals surface area contributed by atoms with Gasteiger partial charge in [0.25, 0.3) is 0 Å². The molecule has 1 saturated heterocycles. The number of amides is 1. The number of rotatable bonds is 6. The third kappa shape index (κ3) is 5.22. The van der Waals surface area contributed by atoms with Crippen LogP contribution in [0.4, 0.5) is 5.69 Å². The first-order valence-corrected chi connectivity index (χ1v) is 11.4. The second-order valence-electron chi connectivity index (χ2n) is 8.97. The molecule has 1 atom stereocenters. The zero-order chi connectivity index (χ0) is 23.5. The van der Waals surface area contributed by atoms with Crippen molar-refractivity contribution in [2.75, 3.05) is 25.5 Å². The Hall–Kier alpha value is -3.25. The molecule has 0 spiro atoms. The molecular weight excluding hydrogens is 414 g/mol. The number of fused-ring (bicyclic) bond motifs is 1. The molecule has 3 aromatic rings. The molecule has 4 rings (SSSR count). The number of anilines is 1. The molecule has 0 aliphatic carbocycles. The summed E-state index contributed by atoms with van der Waals surface area (Å²) in [7, 11) is 1.67. The maximum atomic E-state index is 13.3. The van der Waals surface area contributed by atoms with Crippen LogP contribution in [0.3, 0.4) is 0 Å². The fraction of sp³-hybridized carbons (Fsp3) is 0.370. The molecule has 2 aromatic carbocycles. The number of ketones is 1. The van der Waals surface area contributed by atoms with Gasteiger partial charge in [-0.15, -0.1) is 0 Å². The van der Waals surface area contributed by atoms with Crippen molar-refractivity contribution in [3.8, 4) is 5.75 Å². The molecule has 1 amide bonds. The van der Waals surface area contributed by atoms with Gasteiger partial charge in [0.2, 0.25) is 5.91 Å². The molecule has 1 aliphatic heterocycles. The summed E-state index contributed by atoms with van der Waals surface area (Å²) in [5.41, 5.74) is 5.42. The topological polar surface area (TPSA) is 71.5 Å². The van der Waals surface area contributed by atoms with Gasteiger partial charge in [-0.05, 0) is 80.8 Å². The van der Waals surface area contributed by atoms with E-state index >= 15 is 0 Å². The average Bonchev–Trinajstić information content (AvgIpc) is 2.78. The van der Waals surface area contributed by atoms with Crippen LogP contribution in [0.5, 0.6) is 5.75 Å². The van der Waals surface area contributed by atoms with Crippen LogP contribution in [-0.4, -0.2) is 41.8 Å². The summed E-state index contributed by atoms with van der Waals surface area (Å²) in [5, 5.41) is 3.79. The van der Waals surface area contributed by atoms with Crippen molar-refractivity contribution in [2.24, 2.45) is 5.92 Å². The quantitative estimate of drug-likeness (QED) is 0.546. The maximum Gasteiger partial charge on any atom is 0.221 e. The predicted molar refractivity (Wildman–Crippen MR) is 131 cm³/mol. The highest BCUT2D eigenvalue weighted by Gasteiger charge is 2.27. The van der Waals surface area contributed by atoms with Crippen LogP contribution in [0.25, 0.3) is 10.9 Å². The SMILES string of the molecule is COc1c(C)cc(C(=O)[C@@H]2CCCN(Cc3ccc4cc(NC(C)=O)ccc4n3)C2)cc1C. The summed E-state index contributed by atoms with van der Waals surface area (Å²) in [6.07, 6.45) is 1.91. The minimum atomic E-state index is -0.0897. The number of carbonyl (C=O) groups excluding carboxylic acids is 2. The van der Waals surface area contributed by atoms with E-state index in [2.05, 4.69) is 10.2 Å². The van der Waals surface area contributed by atoms with Crippen LogP contribution in [-0.2, 0) is 11.3 Å². The summed E-state index contributed by atoms with van der Waals surface area (Å²) >= 11 is 0. The second kappa shape index (κ2) is 9.71. The number of nitrogens with zero attached hydrogens (tertiary/aromatic N) is 2. The highest BCUT2D eigenvalue weighted by Crippen LogP contribution is 2.28. The molecule has 0 bridgehead atoms. The van der Waals surface area contributed by atoms with E-state index in [1.54, 1.807) is 7.11 Å². The first-order valence-electron chi connectivity index (χ1n) is 11.4. The zero-order valence-electron chi connectivity index (χ0n) is 19.8. The zero-order valence-corrected chi connectivity index (χ0v) is 19.8. The van der Waals surface area contributed by atoms with Crippen molar-refractivity contribution in [1.82, 2.24) is 9.88 Å². The minimum absolute atomic E-state index is 0.00776. The number of pyridine rings is 1. The van der Waals surface area contributed by atoms with Gasteiger partial charge in [0, 0.05) is 42.6 Å². The van der Waals surface area contributed by atoms with Crippen LogP contribution in [0.1, 0.15) is 46.9 Å². The molecule has 6 nitrogen and oxygen atoms in total. The first kappa shape index (κ1) is 22.9. The number of aromatic nitrogens is 1. The van der Waals surface area contributed by atoms with Crippen molar-refractivity contribution in [1.29, 1.82) is 0 Å². The van der Waals surface area contributed by atoms with Crippen LogP contribution < -0.4 is 10.1 Å². The van der Waals surface area contributed by atoms with Crippen molar-refractivity contribution in [2.45, 2.75) is 40.2 Å². The fourth-order valence-electron chi connectivity index (χ4n) is 4.83. The number of piperidine rings is 1. The molecule has 33 heavy (non-hydrogen) atoms. The summed E-state index contributed by atoms with van der Waals surface area (Å²) in [6, 6.07) is 13.7. The van der Waals surface area contributed by atoms with Gasteiger partial charge in [-0.25, -0.2) is 0 Å². The fourth-order valence-corrected chi connectivity index (χ4v) is 4.83. The van der Waals surface area contributed by atoms with Gasteiger partial charge < -0.3 is 10.1 Å². The largest absolute Gasteiger partial charge is 0.496 e. The molecular formula is C27H31N3O3. The number of carbonyl (C=O) groups is 2. The highest BCUT2D eigenvalue weighted by molar-refractivity contribution is 5.98. The Balaban J connectivity index is 1.46. The van der Waals surface area contributed by atoms with E-state index < -0.39 is 0 Å². The molecule has 172 valence electrons. The van der Waals surface area contributed by atoms with E-state index in [9.17, 15) is 9.59 Å². The molecule has 1 N–H and O–H groups in total. The van der Waals surface area contributed by atoms with Gasteiger partial charge in [0.15, 0.2) is 5.78 Å². The van der Waals surface area contributed by atoms with Crippen LogP contribution in [0.15, 0.2) is 42.5 Å². The molecule has 6 heteroatoms. The average molecular weight is 446 g/mol. The van der Waals surface area contributed by atoms with Gasteiger partial charge in [-0.3, -0.25) is 19.5 Å². The van der Waals surface area contributed by atoms with E-state index in [0.29, 0.717) is 6.54 Å². The molecule has 0 radical (unpaired) electrons. The highest BCUT2D eigenvalue weighted by atomic mass is 16.5. The number of aryl methyl sites for hydroxylation is 2. The summed E-state index contributed by atoms with van der Waals surface area (Å²) < 4.78 is 5.45. The maximum absolute atomic E-state index is 13.3. The third-order valence-corrected chi connectivity index (χ3v) is 6.28. The molecule has 1 aliphatic rings. The van der Waals surface area contributed by atoms with Gasteiger partial charge in [-0.1, -0.05) is 6.07 Å². The molecule has 0 saturated carbocycles. The van der Waals surface area contributed by atoms with E-state index in [-0.39, 0.29) is 17.6 Å².